The first-order valence-electron chi connectivity index (χ1n) is 9.72. The summed E-state index contributed by atoms with van der Waals surface area (Å²) in [5.74, 6) is -1.21. The number of halogens is 1. The number of sulfonamides is 1. The van der Waals surface area contributed by atoms with Crippen molar-refractivity contribution >= 4 is 44.9 Å². The highest BCUT2D eigenvalue weighted by molar-refractivity contribution is 7.92. The largest absolute Gasteiger partial charge is 0.462 e. The SMILES string of the molecule is CCOC(=O)c1ccccc1NC(=O)CN(c1ccccc1)S(=O)(=O)c1ccc(Cl)cc1. The summed E-state index contributed by atoms with van der Waals surface area (Å²) < 4.78 is 32.7. The van der Waals surface area contributed by atoms with Crippen molar-refractivity contribution in [3.05, 3.63) is 89.4 Å². The Hall–Kier alpha value is -3.36. The number of esters is 1. The van der Waals surface area contributed by atoms with Crippen molar-refractivity contribution in [1.29, 1.82) is 0 Å². The molecule has 9 heteroatoms. The fourth-order valence-electron chi connectivity index (χ4n) is 2.94. The number of benzene rings is 3. The summed E-state index contributed by atoms with van der Waals surface area (Å²) in [6.45, 7) is 1.35. The van der Waals surface area contributed by atoms with Gasteiger partial charge in [-0.15, -0.1) is 0 Å². The molecule has 0 radical (unpaired) electrons. The van der Waals surface area contributed by atoms with Gasteiger partial charge in [-0.2, -0.15) is 0 Å². The zero-order valence-electron chi connectivity index (χ0n) is 17.2. The van der Waals surface area contributed by atoms with E-state index in [1.807, 2.05) is 0 Å². The highest BCUT2D eigenvalue weighted by Gasteiger charge is 2.27. The Bertz CT molecular complexity index is 1200. The van der Waals surface area contributed by atoms with Gasteiger partial charge < -0.3 is 10.1 Å². The number of carbonyl (C=O) groups is 2. The van der Waals surface area contributed by atoms with Crippen LogP contribution in [0.15, 0.2) is 83.8 Å². The Kier molecular flexibility index (Phi) is 7.50. The van der Waals surface area contributed by atoms with Gasteiger partial charge in [-0.3, -0.25) is 9.10 Å². The van der Waals surface area contributed by atoms with Gasteiger partial charge >= 0.3 is 5.97 Å². The van der Waals surface area contributed by atoms with Crippen molar-refractivity contribution in [2.45, 2.75) is 11.8 Å². The lowest BCUT2D eigenvalue weighted by molar-refractivity contribution is -0.114. The van der Waals surface area contributed by atoms with Crippen LogP contribution >= 0.6 is 11.6 Å². The molecule has 0 heterocycles. The summed E-state index contributed by atoms with van der Waals surface area (Å²) in [7, 11) is -4.07. The Balaban J connectivity index is 1.91. The van der Waals surface area contributed by atoms with E-state index in [0.29, 0.717) is 10.7 Å². The summed E-state index contributed by atoms with van der Waals surface area (Å²) in [6.07, 6.45) is 0. The van der Waals surface area contributed by atoms with Crippen LogP contribution in [0.3, 0.4) is 0 Å². The fraction of sp³-hybridized carbons (Fsp3) is 0.130. The molecule has 0 aromatic heterocycles. The maximum atomic E-state index is 13.3. The van der Waals surface area contributed by atoms with Gasteiger partial charge in [-0.05, 0) is 55.5 Å². The first-order chi connectivity index (χ1) is 15.3. The van der Waals surface area contributed by atoms with E-state index in [4.69, 9.17) is 16.3 Å². The first-order valence-corrected chi connectivity index (χ1v) is 11.5. The molecule has 0 bridgehead atoms. The lowest BCUT2D eigenvalue weighted by atomic mass is 10.2. The van der Waals surface area contributed by atoms with Gasteiger partial charge in [0, 0.05) is 5.02 Å². The van der Waals surface area contributed by atoms with Gasteiger partial charge in [0.15, 0.2) is 0 Å². The molecule has 0 fully saturated rings. The highest BCUT2D eigenvalue weighted by Crippen LogP contribution is 2.25. The summed E-state index contributed by atoms with van der Waals surface area (Å²) in [4.78, 5) is 25.0. The van der Waals surface area contributed by atoms with Crippen LogP contribution in [-0.2, 0) is 19.6 Å². The monoisotopic (exact) mass is 472 g/mol. The van der Waals surface area contributed by atoms with E-state index < -0.39 is 28.4 Å². The molecular formula is C23H21ClN2O5S. The Morgan fingerprint density at radius 3 is 2.22 bits per heavy atom. The number of carbonyl (C=O) groups excluding carboxylic acids is 2. The van der Waals surface area contributed by atoms with Gasteiger partial charge in [0.2, 0.25) is 5.91 Å². The van der Waals surface area contributed by atoms with Crippen LogP contribution in [0, 0.1) is 0 Å². The van der Waals surface area contributed by atoms with Gasteiger partial charge in [0.1, 0.15) is 6.54 Å². The molecule has 3 aromatic rings. The molecule has 7 nitrogen and oxygen atoms in total. The molecule has 0 aliphatic heterocycles. The summed E-state index contributed by atoms with van der Waals surface area (Å²) in [5.41, 5.74) is 0.721. The van der Waals surface area contributed by atoms with Crippen LogP contribution < -0.4 is 9.62 Å². The minimum absolute atomic E-state index is 0.00882. The molecule has 1 amide bonds. The van der Waals surface area contributed by atoms with Crippen molar-refractivity contribution in [2.24, 2.45) is 0 Å². The maximum absolute atomic E-state index is 13.3. The lowest BCUT2D eigenvalue weighted by Gasteiger charge is -2.24. The normalized spacial score (nSPS) is 10.9. The van der Waals surface area contributed by atoms with E-state index in [1.54, 1.807) is 55.5 Å². The van der Waals surface area contributed by atoms with Gasteiger partial charge in [-0.1, -0.05) is 41.9 Å². The second kappa shape index (κ2) is 10.3. The van der Waals surface area contributed by atoms with E-state index in [9.17, 15) is 18.0 Å². The molecule has 0 unspecified atom stereocenters. The second-order valence-corrected chi connectivity index (χ2v) is 8.91. The minimum Gasteiger partial charge on any atom is -0.462 e. The molecule has 0 aliphatic rings. The third-order valence-corrected chi connectivity index (χ3v) is 6.47. The van der Waals surface area contributed by atoms with Gasteiger partial charge in [-0.25, -0.2) is 13.2 Å². The average Bonchev–Trinajstić information content (AvgIpc) is 2.79. The number of ether oxygens (including phenoxy) is 1. The number of rotatable bonds is 8. The molecule has 0 saturated heterocycles. The summed E-state index contributed by atoms with van der Waals surface area (Å²) in [6, 6.07) is 20.3. The highest BCUT2D eigenvalue weighted by atomic mass is 35.5. The van der Waals surface area contributed by atoms with Crippen LogP contribution in [0.25, 0.3) is 0 Å². The Morgan fingerprint density at radius 2 is 1.56 bits per heavy atom. The zero-order valence-corrected chi connectivity index (χ0v) is 18.8. The number of para-hydroxylation sites is 2. The predicted octanol–water partition coefficient (Wildman–Crippen LogP) is 4.35. The van der Waals surface area contributed by atoms with Crippen LogP contribution in [0.4, 0.5) is 11.4 Å². The standard InChI is InChI=1S/C23H21ClN2O5S/c1-2-31-23(28)20-10-6-7-11-21(20)25-22(27)16-26(18-8-4-3-5-9-18)32(29,30)19-14-12-17(24)13-15-19/h3-15H,2,16H2,1H3,(H,25,27). The fourth-order valence-corrected chi connectivity index (χ4v) is 4.49. The molecule has 0 atom stereocenters. The lowest BCUT2D eigenvalue weighted by Crippen LogP contribution is -2.38. The molecule has 3 rings (SSSR count). The van der Waals surface area contributed by atoms with E-state index in [1.165, 1.54) is 30.3 Å². The Labute approximate surface area is 191 Å². The van der Waals surface area contributed by atoms with Gasteiger partial charge in [0.25, 0.3) is 10.0 Å². The van der Waals surface area contributed by atoms with Crippen molar-refractivity contribution in [1.82, 2.24) is 0 Å². The number of hydrogen-bond acceptors (Lipinski definition) is 5. The van der Waals surface area contributed by atoms with E-state index in [0.717, 1.165) is 4.31 Å². The number of hydrogen-bond donors (Lipinski definition) is 1. The Morgan fingerprint density at radius 1 is 0.938 bits per heavy atom. The number of nitrogens with one attached hydrogen (secondary N) is 1. The summed E-state index contributed by atoms with van der Waals surface area (Å²) >= 11 is 5.89. The van der Waals surface area contributed by atoms with Crippen LogP contribution in [-0.4, -0.2) is 33.4 Å². The van der Waals surface area contributed by atoms with Crippen LogP contribution in [0.2, 0.25) is 5.02 Å². The molecule has 0 aliphatic carbocycles. The zero-order chi connectivity index (χ0) is 23.1. The number of amides is 1. The average molecular weight is 473 g/mol. The van der Waals surface area contributed by atoms with E-state index >= 15 is 0 Å². The van der Waals surface area contributed by atoms with Crippen molar-refractivity contribution in [2.75, 3.05) is 22.8 Å². The van der Waals surface area contributed by atoms with Gasteiger partial charge in [0.05, 0.1) is 28.4 Å². The van der Waals surface area contributed by atoms with E-state index in [-0.39, 0.29) is 22.8 Å². The quantitative estimate of drug-likeness (QED) is 0.492. The predicted molar refractivity (Wildman–Crippen MR) is 123 cm³/mol. The smallest absolute Gasteiger partial charge is 0.340 e. The van der Waals surface area contributed by atoms with Crippen molar-refractivity contribution in [3.8, 4) is 0 Å². The molecule has 0 spiro atoms. The molecule has 3 aromatic carbocycles. The maximum Gasteiger partial charge on any atom is 0.340 e. The molecular weight excluding hydrogens is 452 g/mol. The molecule has 32 heavy (non-hydrogen) atoms. The molecule has 1 N–H and O–H groups in total. The molecule has 0 saturated carbocycles. The minimum atomic E-state index is -4.07. The van der Waals surface area contributed by atoms with Crippen LogP contribution in [0.5, 0.6) is 0 Å². The second-order valence-electron chi connectivity index (χ2n) is 6.62. The van der Waals surface area contributed by atoms with Crippen molar-refractivity contribution < 1.29 is 22.7 Å². The molecule has 166 valence electrons. The van der Waals surface area contributed by atoms with Crippen LogP contribution in [0.1, 0.15) is 17.3 Å². The summed E-state index contributed by atoms with van der Waals surface area (Å²) in [5, 5.41) is 3.01. The first kappa shape index (κ1) is 23.3. The number of nitrogens with zero attached hydrogens (tertiary/aromatic N) is 1. The van der Waals surface area contributed by atoms with Crippen molar-refractivity contribution in [3.63, 3.8) is 0 Å². The third-order valence-electron chi connectivity index (χ3n) is 4.43. The number of anilines is 2. The third kappa shape index (κ3) is 5.46. The van der Waals surface area contributed by atoms with E-state index in [2.05, 4.69) is 5.32 Å². The topological polar surface area (TPSA) is 92.8 Å².